The average Bonchev–Trinajstić information content (AvgIpc) is 2.82. The Kier molecular flexibility index (Phi) is 3.14. The molecule has 1 aromatic carbocycles. The second-order valence-corrected chi connectivity index (χ2v) is 5.01. The molecule has 1 aliphatic heterocycles. The van der Waals surface area contributed by atoms with E-state index in [1.54, 1.807) is 13.1 Å². The Labute approximate surface area is 118 Å². The maximum absolute atomic E-state index is 11.7. The van der Waals surface area contributed by atoms with Gasteiger partial charge in [0.15, 0.2) is 0 Å². The fraction of sp³-hybridized carbons (Fsp3) is 0.250. The first kappa shape index (κ1) is 12.7. The Morgan fingerprint density at radius 1 is 1.25 bits per heavy atom. The summed E-state index contributed by atoms with van der Waals surface area (Å²) in [6.07, 6.45) is 1.00. The smallest absolute Gasteiger partial charge is 0.269 e. The van der Waals surface area contributed by atoms with Crippen LogP contribution in [-0.2, 0) is 6.42 Å². The molecule has 0 bridgehead atoms. The highest BCUT2D eigenvalue weighted by Gasteiger charge is 2.27. The Balaban J connectivity index is 2.03. The van der Waals surface area contributed by atoms with E-state index in [2.05, 4.69) is 40.3 Å². The fourth-order valence-corrected chi connectivity index (χ4v) is 2.73. The number of fused-ring (bicyclic) bond motifs is 1. The fourth-order valence-electron chi connectivity index (χ4n) is 2.73. The molecule has 20 heavy (non-hydrogen) atoms. The van der Waals surface area contributed by atoms with Gasteiger partial charge in [0.2, 0.25) is 0 Å². The number of benzene rings is 1. The van der Waals surface area contributed by atoms with Gasteiger partial charge in [-0.1, -0.05) is 24.3 Å². The van der Waals surface area contributed by atoms with Gasteiger partial charge in [-0.15, -0.1) is 0 Å². The van der Waals surface area contributed by atoms with E-state index < -0.39 is 0 Å². The number of rotatable bonds is 2. The minimum atomic E-state index is -0.160. The molecular formula is C16H17N3O. The Bertz CT molecular complexity index is 654. The molecule has 4 nitrogen and oxygen atoms in total. The van der Waals surface area contributed by atoms with Crippen molar-refractivity contribution in [2.75, 3.05) is 11.9 Å². The molecule has 1 amide bonds. The topological polar surface area (TPSA) is 45.2 Å². The summed E-state index contributed by atoms with van der Waals surface area (Å²) in [5, 5.41) is 2.61. The highest BCUT2D eigenvalue weighted by molar-refractivity contribution is 5.92. The van der Waals surface area contributed by atoms with Gasteiger partial charge in [-0.2, -0.15) is 0 Å². The molecule has 1 unspecified atom stereocenters. The molecule has 4 heteroatoms. The molecule has 1 N–H and O–H groups in total. The molecule has 0 saturated heterocycles. The summed E-state index contributed by atoms with van der Waals surface area (Å²) in [6, 6.07) is 14.2. The van der Waals surface area contributed by atoms with Crippen LogP contribution < -0.4 is 10.2 Å². The third-order valence-electron chi connectivity index (χ3n) is 3.65. The molecule has 0 fully saturated rings. The molecule has 0 spiro atoms. The van der Waals surface area contributed by atoms with Crippen LogP contribution >= 0.6 is 0 Å². The molecule has 1 aliphatic rings. The molecule has 2 aromatic rings. The highest BCUT2D eigenvalue weighted by Crippen LogP contribution is 2.36. The zero-order valence-corrected chi connectivity index (χ0v) is 11.6. The van der Waals surface area contributed by atoms with Gasteiger partial charge in [-0.3, -0.25) is 4.79 Å². The van der Waals surface area contributed by atoms with Crippen LogP contribution in [0.2, 0.25) is 0 Å². The van der Waals surface area contributed by atoms with Crippen LogP contribution in [0.1, 0.15) is 23.0 Å². The number of nitrogens with zero attached hydrogens (tertiary/aromatic N) is 2. The summed E-state index contributed by atoms with van der Waals surface area (Å²) in [5.41, 5.74) is 2.95. The van der Waals surface area contributed by atoms with Crippen molar-refractivity contribution in [2.24, 2.45) is 0 Å². The number of pyridine rings is 1. The summed E-state index contributed by atoms with van der Waals surface area (Å²) < 4.78 is 0. The molecule has 2 heterocycles. The maximum atomic E-state index is 11.7. The minimum absolute atomic E-state index is 0.160. The van der Waals surface area contributed by atoms with E-state index in [1.807, 2.05) is 18.2 Å². The summed E-state index contributed by atoms with van der Waals surface area (Å²) >= 11 is 0. The Hall–Kier alpha value is -2.36. The van der Waals surface area contributed by atoms with Gasteiger partial charge >= 0.3 is 0 Å². The minimum Gasteiger partial charge on any atom is -0.354 e. The lowest BCUT2D eigenvalue weighted by Crippen LogP contribution is -2.26. The molecule has 0 radical (unpaired) electrons. The summed E-state index contributed by atoms with van der Waals surface area (Å²) in [7, 11) is 1.62. The quantitative estimate of drug-likeness (QED) is 0.909. The number of anilines is 2. The molecule has 0 saturated carbocycles. The molecule has 0 aliphatic carbocycles. The molecule has 102 valence electrons. The van der Waals surface area contributed by atoms with E-state index in [0.29, 0.717) is 11.7 Å². The zero-order chi connectivity index (χ0) is 14.1. The van der Waals surface area contributed by atoms with Crippen molar-refractivity contribution in [2.45, 2.75) is 19.4 Å². The largest absolute Gasteiger partial charge is 0.354 e. The third-order valence-corrected chi connectivity index (χ3v) is 3.65. The van der Waals surface area contributed by atoms with Crippen LogP contribution in [0.15, 0.2) is 42.5 Å². The predicted octanol–water partition coefficient (Wildman–Crippen LogP) is 2.52. The predicted molar refractivity (Wildman–Crippen MR) is 79.4 cm³/mol. The second kappa shape index (κ2) is 4.96. The van der Waals surface area contributed by atoms with E-state index in [-0.39, 0.29) is 5.91 Å². The SMILES string of the molecule is CNC(=O)c1cccc(N2c3ccccc3CC2C)n1. The number of para-hydroxylation sites is 1. The Morgan fingerprint density at radius 2 is 2.05 bits per heavy atom. The first-order valence-corrected chi connectivity index (χ1v) is 6.77. The molecular weight excluding hydrogens is 250 g/mol. The molecule has 1 atom stereocenters. The van der Waals surface area contributed by atoms with Crippen molar-refractivity contribution in [3.63, 3.8) is 0 Å². The standard InChI is InChI=1S/C16H17N3O/c1-11-10-12-6-3-4-8-14(12)19(11)15-9-5-7-13(18-15)16(20)17-2/h3-9,11H,10H2,1-2H3,(H,17,20). The van der Waals surface area contributed by atoms with Gasteiger partial charge < -0.3 is 10.2 Å². The van der Waals surface area contributed by atoms with Crippen LogP contribution in [0.5, 0.6) is 0 Å². The zero-order valence-electron chi connectivity index (χ0n) is 11.6. The number of amides is 1. The number of aromatic nitrogens is 1. The van der Waals surface area contributed by atoms with Crippen LogP contribution in [0.25, 0.3) is 0 Å². The van der Waals surface area contributed by atoms with E-state index in [9.17, 15) is 4.79 Å². The second-order valence-electron chi connectivity index (χ2n) is 5.01. The summed E-state index contributed by atoms with van der Waals surface area (Å²) in [6.45, 7) is 2.17. The van der Waals surface area contributed by atoms with Gasteiger partial charge in [-0.25, -0.2) is 4.98 Å². The highest BCUT2D eigenvalue weighted by atomic mass is 16.1. The lowest BCUT2D eigenvalue weighted by atomic mass is 10.1. The average molecular weight is 267 g/mol. The Morgan fingerprint density at radius 3 is 2.85 bits per heavy atom. The molecule has 3 rings (SSSR count). The number of hydrogen-bond acceptors (Lipinski definition) is 3. The van der Waals surface area contributed by atoms with Gasteiger partial charge in [0.05, 0.1) is 0 Å². The van der Waals surface area contributed by atoms with Crippen LogP contribution in [0, 0.1) is 0 Å². The van der Waals surface area contributed by atoms with Crippen LogP contribution in [-0.4, -0.2) is 24.0 Å². The van der Waals surface area contributed by atoms with E-state index >= 15 is 0 Å². The van der Waals surface area contributed by atoms with Crippen molar-refractivity contribution < 1.29 is 4.79 Å². The van der Waals surface area contributed by atoms with Crippen LogP contribution in [0.3, 0.4) is 0 Å². The first-order valence-electron chi connectivity index (χ1n) is 6.77. The van der Waals surface area contributed by atoms with Crippen molar-refractivity contribution in [3.8, 4) is 0 Å². The first-order chi connectivity index (χ1) is 9.70. The number of carbonyl (C=O) groups excluding carboxylic acids is 1. The van der Waals surface area contributed by atoms with Crippen LogP contribution in [0.4, 0.5) is 11.5 Å². The maximum Gasteiger partial charge on any atom is 0.269 e. The van der Waals surface area contributed by atoms with E-state index in [1.165, 1.54) is 11.3 Å². The number of nitrogens with one attached hydrogen (secondary N) is 1. The number of hydrogen-bond donors (Lipinski definition) is 1. The van der Waals surface area contributed by atoms with Crippen molar-refractivity contribution in [1.29, 1.82) is 0 Å². The van der Waals surface area contributed by atoms with Crippen molar-refractivity contribution in [3.05, 3.63) is 53.7 Å². The van der Waals surface area contributed by atoms with Crippen molar-refractivity contribution >= 4 is 17.4 Å². The number of carbonyl (C=O) groups is 1. The van der Waals surface area contributed by atoms with E-state index in [0.717, 1.165) is 12.2 Å². The van der Waals surface area contributed by atoms with Crippen molar-refractivity contribution in [1.82, 2.24) is 10.3 Å². The lowest BCUT2D eigenvalue weighted by Gasteiger charge is -2.24. The monoisotopic (exact) mass is 267 g/mol. The van der Waals surface area contributed by atoms with Gasteiger partial charge in [0, 0.05) is 18.8 Å². The lowest BCUT2D eigenvalue weighted by molar-refractivity contribution is 0.0958. The third kappa shape index (κ3) is 2.03. The van der Waals surface area contributed by atoms with Gasteiger partial charge in [0.1, 0.15) is 11.5 Å². The summed E-state index contributed by atoms with van der Waals surface area (Å²) in [5.74, 6) is 0.663. The summed E-state index contributed by atoms with van der Waals surface area (Å²) in [4.78, 5) is 18.4. The normalized spacial score (nSPS) is 16.9. The molecule has 1 aromatic heterocycles. The van der Waals surface area contributed by atoms with E-state index in [4.69, 9.17) is 0 Å². The van der Waals surface area contributed by atoms with Gasteiger partial charge in [-0.05, 0) is 37.1 Å². The van der Waals surface area contributed by atoms with Gasteiger partial charge in [0.25, 0.3) is 5.91 Å².